The third-order valence-corrected chi connectivity index (χ3v) is 3.49. The number of nitrogens with zero attached hydrogens (tertiary/aromatic N) is 2. The van der Waals surface area contributed by atoms with Crippen molar-refractivity contribution in [1.82, 2.24) is 9.13 Å². The van der Waals surface area contributed by atoms with Gasteiger partial charge in [-0.3, -0.25) is 13.9 Å². The van der Waals surface area contributed by atoms with E-state index in [1.165, 1.54) is 30.8 Å². The Morgan fingerprint density at radius 1 is 1.17 bits per heavy atom. The number of aromatic nitrogens is 2. The zero-order chi connectivity index (χ0) is 17.7. The summed E-state index contributed by atoms with van der Waals surface area (Å²) in [6.07, 6.45) is 2.86. The summed E-state index contributed by atoms with van der Waals surface area (Å²) in [4.78, 5) is 35.2. The molecule has 0 aliphatic rings. The smallest absolute Gasteiger partial charge is 0.331 e. The zero-order valence-corrected chi connectivity index (χ0v) is 13.7. The molecule has 0 atom stereocenters. The van der Waals surface area contributed by atoms with Crippen molar-refractivity contribution in [3.63, 3.8) is 0 Å². The lowest BCUT2D eigenvalue weighted by Crippen LogP contribution is -2.38. The first-order chi connectivity index (χ1) is 11.4. The van der Waals surface area contributed by atoms with E-state index in [1.807, 2.05) is 6.07 Å². The van der Waals surface area contributed by atoms with E-state index in [1.54, 1.807) is 31.4 Å². The summed E-state index contributed by atoms with van der Waals surface area (Å²) in [5.41, 5.74) is 0.190. The molecule has 0 N–H and O–H groups in total. The first-order valence-corrected chi connectivity index (χ1v) is 7.17. The fourth-order valence-electron chi connectivity index (χ4n) is 2.02. The molecule has 2 rings (SSSR count). The molecule has 1 aromatic heterocycles. The lowest BCUT2D eigenvalue weighted by Gasteiger charge is -2.09. The van der Waals surface area contributed by atoms with Crippen LogP contribution >= 0.6 is 0 Å². The molecule has 0 saturated heterocycles. The highest BCUT2D eigenvalue weighted by Gasteiger charge is 2.07. The fraction of sp³-hybridized carbons (Fsp3) is 0.235. The highest BCUT2D eigenvalue weighted by Crippen LogP contribution is 2.13. The molecule has 24 heavy (non-hydrogen) atoms. The van der Waals surface area contributed by atoms with E-state index in [2.05, 4.69) is 0 Å². The summed E-state index contributed by atoms with van der Waals surface area (Å²) in [6, 6.07) is 8.46. The third-order valence-electron chi connectivity index (χ3n) is 3.49. The molecular weight excluding hydrogens is 312 g/mol. The maximum Gasteiger partial charge on any atom is 0.331 e. The van der Waals surface area contributed by atoms with Crippen LogP contribution in [0.15, 0.2) is 46.0 Å². The number of carbonyl (C=O) groups is 1. The van der Waals surface area contributed by atoms with E-state index >= 15 is 0 Å². The molecule has 0 radical (unpaired) electrons. The average molecular weight is 330 g/mol. The summed E-state index contributed by atoms with van der Waals surface area (Å²) in [5.74, 6) is 0.103. The van der Waals surface area contributed by atoms with Crippen molar-refractivity contribution in [3.05, 3.63) is 68.5 Å². The van der Waals surface area contributed by atoms with E-state index in [-0.39, 0.29) is 6.61 Å². The van der Waals surface area contributed by atoms with Crippen molar-refractivity contribution in [2.45, 2.75) is 6.61 Å². The zero-order valence-electron chi connectivity index (χ0n) is 13.7. The minimum Gasteiger partial charge on any atom is -0.497 e. The van der Waals surface area contributed by atoms with Gasteiger partial charge in [-0.15, -0.1) is 0 Å². The van der Waals surface area contributed by atoms with Gasteiger partial charge in [0.1, 0.15) is 12.4 Å². The molecule has 1 heterocycles. The maximum absolute atomic E-state index is 11.8. The number of hydrogen-bond donors (Lipinski definition) is 0. The second kappa shape index (κ2) is 7.45. The van der Waals surface area contributed by atoms with Gasteiger partial charge in [0.25, 0.3) is 5.56 Å². The summed E-state index contributed by atoms with van der Waals surface area (Å²) < 4.78 is 12.4. The topological polar surface area (TPSA) is 79.5 Å². The van der Waals surface area contributed by atoms with Gasteiger partial charge in [-0.05, 0) is 23.8 Å². The Kier molecular flexibility index (Phi) is 5.36. The molecule has 7 nitrogen and oxygen atoms in total. The number of methoxy groups -OCH3 is 1. The number of benzene rings is 1. The van der Waals surface area contributed by atoms with E-state index in [0.717, 1.165) is 10.1 Å². The molecule has 2 aromatic rings. The molecule has 7 heteroatoms. The van der Waals surface area contributed by atoms with Gasteiger partial charge >= 0.3 is 11.7 Å². The Bertz CT molecular complexity index is 893. The Labute approximate surface area is 138 Å². The minimum absolute atomic E-state index is 0.164. The Hall–Kier alpha value is -3.09. The largest absolute Gasteiger partial charge is 0.497 e. The van der Waals surface area contributed by atoms with Gasteiger partial charge in [-0.2, -0.15) is 0 Å². The van der Waals surface area contributed by atoms with Crippen LogP contribution in [0.5, 0.6) is 5.75 Å². The van der Waals surface area contributed by atoms with Crippen LogP contribution in [0, 0.1) is 0 Å². The fourth-order valence-corrected chi connectivity index (χ4v) is 2.02. The van der Waals surface area contributed by atoms with Crippen LogP contribution in [0.1, 0.15) is 11.3 Å². The number of ether oxygens (including phenoxy) is 2. The van der Waals surface area contributed by atoms with Crippen LogP contribution < -0.4 is 16.0 Å². The predicted octanol–water partition coefficient (Wildman–Crippen LogP) is 0.849. The van der Waals surface area contributed by atoms with Crippen molar-refractivity contribution < 1.29 is 14.3 Å². The van der Waals surface area contributed by atoms with Gasteiger partial charge in [0.05, 0.1) is 12.8 Å². The van der Waals surface area contributed by atoms with Crippen molar-refractivity contribution in [3.8, 4) is 5.75 Å². The van der Waals surface area contributed by atoms with Crippen molar-refractivity contribution in [1.29, 1.82) is 0 Å². The molecule has 0 aliphatic heterocycles. The second-order valence-electron chi connectivity index (χ2n) is 5.09. The number of rotatable bonds is 5. The third kappa shape index (κ3) is 4.01. The van der Waals surface area contributed by atoms with Crippen molar-refractivity contribution >= 4 is 12.0 Å². The first-order valence-electron chi connectivity index (χ1n) is 7.17. The number of carbonyl (C=O) groups excluding carboxylic acids is 1. The van der Waals surface area contributed by atoms with Crippen LogP contribution in [0.2, 0.25) is 0 Å². The molecule has 126 valence electrons. The van der Waals surface area contributed by atoms with Gasteiger partial charge in [-0.25, -0.2) is 9.59 Å². The Morgan fingerprint density at radius 3 is 2.62 bits per heavy atom. The van der Waals surface area contributed by atoms with Gasteiger partial charge in [0, 0.05) is 26.2 Å². The average Bonchev–Trinajstić information content (AvgIpc) is 2.60. The molecule has 1 aromatic carbocycles. The van der Waals surface area contributed by atoms with E-state index in [9.17, 15) is 14.4 Å². The quantitative estimate of drug-likeness (QED) is 0.600. The lowest BCUT2D eigenvalue weighted by atomic mass is 10.2. The monoisotopic (exact) mass is 330 g/mol. The summed E-state index contributed by atoms with van der Waals surface area (Å²) >= 11 is 0. The molecule has 0 amide bonds. The highest BCUT2D eigenvalue weighted by atomic mass is 16.5. The first kappa shape index (κ1) is 17.3. The molecule has 0 spiro atoms. The van der Waals surface area contributed by atoms with Gasteiger partial charge in [0.15, 0.2) is 0 Å². The number of hydrogen-bond acceptors (Lipinski definition) is 5. The van der Waals surface area contributed by atoms with Gasteiger partial charge in [-0.1, -0.05) is 12.1 Å². The van der Waals surface area contributed by atoms with E-state index in [0.29, 0.717) is 11.4 Å². The molecule has 0 aliphatic carbocycles. The van der Waals surface area contributed by atoms with E-state index in [4.69, 9.17) is 9.47 Å². The molecule has 0 saturated carbocycles. The minimum atomic E-state index is -0.578. The standard InChI is InChI=1S/C17H18N2O5/c1-18-13(10-15(20)19(2)17(18)22)11-24-16(21)8-7-12-5-4-6-14(9-12)23-3/h4-10H,11H2,1-3H3/b8-7+. The Balaban J connectivity index is 2.05. The van der Waals surface area contributed by atoms with E-state index < -0.39 is 17.2 Å². The van der Waals surface area contributed by atoms with Crippen LogP contribution in [0.4, 0.5) is 0 Å². The Morgan fingerprint density at radius 2 is 1.92 bits per heavy atom. The lowest BCUT2D eigenvalue weighted by molar-refractivity contribution is -0.139. The summed E-state index contributed by atoms with van der Waals surface area (Å²) in [5, 5.41) is 0. The molecule has 0 unspecified atom stereocenters. The second-order valence-corrected chi connectivity index (χ2v) is 5.09. The van der Waals surface area contributed by atoms with Crippen LogP contribution in [0.3, 0.4) is 0 Å². The number of esters is 1. The summed E-state index contributed by atoms with van der Waals surface area (Å²) in [6.45, 7) is -0.164. The molecule has 0 fully saturated rings. The predicted molar refractivity (Wildman–Crippen MR) is 88.7 cm³/mol. The van der Waals surface area contributed by atoms with Crippen molar-refractivity contribution in [2.75, 3.05) is 7.11 Å². The summed E-state index contributed by atoms with van der Waals surface area (Å²) in [7, 11) is 4.46. The van der Waals surface area contributed by atoms with Crippen LogP contribution in [0.25, 0.3) is 6.08 Å². The molecular formula is C17H18N2O5. The van der Waals surface area contributed by atoms with Crippen LogP contribution in [-0.4, -0.2) is 22.2 Å². The maximum atomic E-state index is 11.8. The van der Waals surface area contributed by atoms with Crippen molar-refractivity contribution in [2.24, 2.45) is 14.1 Å². The van der Waals surface area contributed by atoms with Gasteiger partial charge < -0.3 is 9.47 Å². The van der Waals surface area contributed by atoms with Gasteiger partial charge in [0.2, 0.25) is 0 Å². The molecule has 0 bridgehead atoms. The highest BCUT2D eigenvalue weighted by molar-refractivity contribution is 5.87. The normalized spacial score (nSPS) is 10.8. The SMILES string of the molecule is COc1cccc(/C=C/C(=O)OCc2cc(=O)n(C)c(=O)n2C)c1. The van der Waals surface area contributed by atoms with Crippen LogP contribution in [-0.2, 0) is 30.2 Å².